The highest BCUT2D eigenvalue weighted by Crippen LogP contribution is 2.29. The van der Waals surface area contributed by atoms with Crippen LogP contribution in [0, 0.1) is 0 Å². The number of nitrogens with two attached hydrogens (primary N) is 1. The number of hydrogen-bond donors (Lipinski definition) is 2. The molecule has 0 amide bonds. The smallest absolute Gasteiger partial charge is 0.186 e. The number of nitrogens with zero attached hydrogens (tertiary/aromatic N) is 3. The first-order valence-electron chi connectivity index (χ1n) is 9.05. The Balaban J connectivity index is 1.48. The Labute approximate surface area is 165 Å². The van der Waals surface area contributed by atoms with Gasteiger partial charge in [0, 0.05) is 29.6 Å². The largest absolute Gasteiger partial charge is 0.369 e. The van der Waals surface area contributed by atoms with E-state index in [1.54, 1.807) is 17.8 Å². The van der Waals surface area contributed by atoms with E-state index in [0.717, 1.165) is 11.3 Å². The molecule has 3 aromatic heterocycles. The fourth-order valence-corrected chi connectivity index (χ4v) is 3.98. The van der Waals surface area contributed by atoms with Crippen LogP contribution in [0.5, 0.6) is 0 Å². The van der Waals surface area contributed by atoms with Crippen LogP contribution in [0.25, 0.3) is 10.7 Å². The summed E-state index contributed by atoms with van der Waals surface area (Å²) >= 11 is 1.38. The van der Waals surface area contributed by atoms with Gasteiger partial charge in [0.15, 0.2) is 5.78 Å². The van der Waals surface area contributed by atoms with Gasteiger partial charge in [-0.25, -0.2) is 9.37 Å². The summed E-state index contributed by atoms with van der Waals surface area (Å²) in [5.74, 6) is -0.116. The first kappa shape index (κ1) is 18.9. The zero-order valence-electron chi connectivity index (χ0n) is 15.0. The maximum atomic E-state index is 13.8. The van der Waals surface area contributed by atoms with Crippen molar-refractivity contribution in [1.82, 2.24) is 20.2 Å². The number of nitrogens with one attached hydrogen (secondary N) is 1. The van der Waals surface area contributed by atoms with Crippen molar-refractivity contribution >= 4 is 17.1 Å². The summed E-state index contributed by atoms with van der Waals surface area (Å²) in [6, 6.07) is 5.03. The van der Waals surface area contributed by atoms with Gasteiger partial charge in [-0.2, -0.15) is 5.10 Å². The van der Waals surface area contributed by atoms with Gasteiger partial charge < -0.3 is 10.5 Å². The summed E-state index contributed by atoms with van der Waals surface area (Å²) < 4.78 is 19.4. The Bertz CT molecular complexity index is 933. The molecule has 0 saturated carbocycles. The molecule has 3 N–H and O–H groups in total. The fourth-order valence-electron chi connectivity index (χ4n) is 3.18. The molecule has 7 nitrogen and oxygen atoms in total. The molecule has 0 radical (unpaired) electrons. The molecule has 9 heteroatoms. The lowest BCUT2D eigenvalue weighted by atomic mass is 10.0. The summed E-state index contributed by atoms with van der Waals surface area (Å²) in [4.78, 5) is 21.4. The number of H-pyrrole nitrogens is 1. The van der Waals surface area contributed by atoms with Crippen LogP contribution in [-0.2, 0) is 11.2 Å². The number of aromatic amines is 1. The van der Waals surface area contributed by atoms with Crippen LogP contribution in [0.1, 0.15) is 40.7 Å². The predicted octanol–water partition coefficient (Wildman–Crippen LogP) is 2.87. The molecule has 0 bridgehead atoms. The minimum absolute atomic E-state index is 0.0578. The van der Waals surface area contributed by atoms with Gasteiger partial charge >= 0.3 is 0 Å². The second-order valence-corrected chi connectivity index (χ2v) is 7.60. The van der Waals surface area contributed by atoms with Crippen molar-refractivity contribution < 1.29 is 13.9 Å². The van der Waals surface area contributed by atoms with Crippen LogP contribution in [0.3, 0.4) is 0 Å². The topological polar surface area (TPSA) is 107 Å². The summed E-state index contributed by atoms with van der Waals surface area (Å²) in [5, 5.41) is 9.40. The van der Waals surface area contributed by atoms with E-state index in [1.165, 1.54) is 11.3 Å². The number of carbonyl (C=O) groups excluding carboxylic acids is 1. The van der Waals surface area contributed by atoms with Crippen molar-refractivity contribution in [3.8, 4) is 10.7 Å². The number of Topliss-reactive ketones (excluding diaryl/α,β-unsaturated/α-hetero) is 1. The Morgan fingerprint density at radius 2 is 2.29 bits per heavy atom. The highest BCUT2D eigenvalue weighted by Gasteiger charge is 2.28. The minimum atomic E-state index is -1.18. The van der Waals surface area contributed by atoms with Gasteiger partial charge in [0.25, 0.3) is 0 Å². The Morgan fingerprint density at radius 1 is 1.39 bits per heavy atom. The maximum Gasteiger partial charge on any atom is 0.186 e. The summed E-state index contributed by atoms with van der Waals surface area (Å²) in [6.45, 7) is -0.0578. The second kappa shape index (κ2) is 8.26. The van der Waals surface area contributed by atoms with Crippen LogP contribution in [0.4, 0.5) is 4.39 Å². The lowest BCUT2D eigenvalue weighted by molar-refractivity contribution is 0.0259. The van der Waals surface area contributed by atoms with Gasteiger partial charge in [-0.1, -0.05) is 6.07 Å². The van der Waals surface area contributed by atoms with E-state index in [2.05, 4.69) is 20.2 Å². The number of halogens is 1. The van der Waals surface area contributed by atoms with Crippen molar-refractivity contribution in [1.29, 1.82) is 0 Å². The average Bonchev–Trinajstić information content (AvgIpc) is 3.35. The molecule has 0 aromatic carbocycles. The van der Waals surface area contributed by atoms with E-state index in [9.17, 15) is 9.18 Å². The zero-order chi connectivity index (χ0) is 19.5. The van der Waals surface area contributed by atoms with Crippen LogP contribution in [0.15, 0.2) is 36.0 Å². The summed E-state index contributed by atoms with van der Waals surface area (Å²) in [5.41, 5.74) is 8.35. The molecule has 146 valence electrons. The van der Waals surface area contributed by atoms with E-state index in [-0.39, 0.29) is 24.9 Å². The number of ether oxygens (including phenoxy) is 1. The van der Waals surface area contributed by atoms with Gasteiger partial charge in [-0.05, 0) is 25.0 Å². The van der Waals surface area contributed by atoms with Gasteiger partial charge in [-0.15, -0.1) is 11.3 Å². The third-order valence-corrected chi connectivity index (χ3v) is 5.65. The molecule has 3 atom stereocenters. The van der Waals surface area contributed by atoms with Crippen LogP contribution in [0.2, 0.25) is 0 Å². The van der Waals surface area contributed by atoms with E-state index in [1.807, 2.05) is 18.2 Å². The lowest BCUT2D eigenvalue weighted by Crippen LogP contribution is -2.32. The molecule has 1 saturated heterocycles. The van der Waals surface area contributed by atoms with E-state index in [0.29, 0.717) is 29.2 Å². The molecule has 1 fully saturated rings. The number of pyridine rings is 1. The first-order valence-corrected chi connectivity index (χ1v) is 9.93. The number of rotatable bonds is 5. The standard InChI is InChI=1S/C19H20FN5O2S/c20-12-9-27-17(5-4-13(12)21)18-11(8-23-25-18)7-16(26)15-10-28-19(24-15)14-3-1-2-6-22-14/h1-3,6,8,10,12-13,17H,4-5,7,9,21H2,(H,23,25)/t12-,13-,17+/m0/s1. The van der Waals surface area contributed by atoms with Crippen molar-refractivity contribution in [3.63, 3.8) is 0 Å². The van der Waals surface area contributed by atoms with Crippen LogP contribution >= 0.6 is 11.3 Å². The van der Waals surface area contributed by atoms with Gasteiger partial charge in [-0.3, -0.25) is 14.9 Å². The number of alkyl halides is 1. The van der Waals surface area contributed by atoms with Gasteiger partial charge in [0.1, 0.15) is 16.9 Å². The van der Waals surface area contributed by atoms with E-state index in [4.69, 9.17) is 10.5 Å². The van der Waals surface area contributed by atoms with E-state index < -0.39 is 12.2 Å². The normalized spacial score (nSPS) is 22.7. The third-order valence-electron chi connectivity index (χ3n) is 4.78. The minimum Gasteiger partial charge on any atom is -0.369 e. The molecule has 3 aromatic rings. The van der Waals surface area contributed by atoms with E-state index >= 15 is 0 Å². The Morgan fingerprint density at radius 3 is 3.11 bits per heavy atom. The first-order chi connectivity index (χ1) is 13.6. The van der Waals surface area contributed by atoms with Crippen molar-refractivity contribution in [3.05, 3.63) is 52.9 Å². The quantitative estimate of drug-likeness (QED) is 0.637. The van der Waals surface area contributed by atoms with Crippen molar-refractivity contribution in [2.75, 3.05) is 6.61 Å². The van der Waals surface area contributed by atoms with Gasteiger partial charge in [0.05, 0.1) is 30.3 Å². The van der Waals surface area contributed by atoms with Crippen molar-refractivity contribution in [2.24, 2.45) is 5.73 Å². The number of aromatic nitrogens is 4. The molecule has 1 aliphatic heterocycles. The summed E-state index contributed by atoms with van der Waals surface area (Å²) in [7, 11) is 0. The number of thiazole rings is 1. The second-order valence-electron chi connectivity index (χ2n) is 6.74. The van der Waals surface area contributed by atoms with Crippen molar-refractivity contribution in [2.45, 2.75) is 37.6 Å². The third kappa shape index (κ3) is 4.01. The predicted molar refractivity (Wildman–Crippen MR) is 103 cm³/mol. The van der Waals surface area contributed by atoms with Crippen LogP contribution in [-0.4, -0.2) is 44.8 Å². The number of carbonyl (C=O) groups is 1. The lowest BCUT2D eigenvalue weighted by Gasteiger charge is -2.14. The highest BCUT2D eigenvalue weighted by atomic mass is 32.1. The SMILES string of the molecule is N[C@H]1CC[C@H](c2[nH]ncc2CC(=O)c2csc(-c3ccccn3)n2)OC[C@@H]1F. The molecule has 4 rings (SSSR count). The summed E-state index contributed by atoms with van der Waals surface area (Å²) in [6.07, 6.45) is 3.00. The molecule has 4 heterocycles. The molecule has 0 unspecified atom stereocenters. The maximum absolute atomic E-state index is 13.8. The Kier molecular flexibility index (Phi) is 5.56. The molecular weight excluding hydrogens is 381 g/mol. The Hall–Kier alpha value is -2.49. The number of ketones is 1. The van der Waals surface area contributed by atoms with Gasteiger partial charge in [0.2, 0.25) is 0 Å². The molecule has 1 aliphatic rings. The molecular formula is C19H20FN5O2S. The highest BCUT2D eigenvalue weighted by molar-refractivity contribution is 7.13. The number of hydrogen-bond acceptors (Lipinski definition) is 7. The molecule has 0 spiro atoms. The fraction of sp³-hybridized carbons (Fsp3) is 0.368. The monoisotopic (exact) mass is 401 g/mol. The average molecular weight is 401 g/mol. The molecule has 28 heavy (non-hydrogen) atoms. The molecule has 0 aliphatic carbocycles. The van der Waals surface area contributed by atoms with Crippen LogP contribution < -0.4 is 5.73 Å². The zero-order valence-corrected chi connectivity index (χ0v) is 15.9.